The number of aryl methyl sites for hydroxylation is 1. The molecule has 0 N–H and O–H groups in total. The molecule has 1 fully saturated rings. The number of nitrogens with zero attached hydrogens (tertiary/aromatic N) is 2. The molecule has 4 rings (SSSR count). The largest absolute Gasteiger partial charge is 0.306 e. The van der Waals surface area contributed by atoms with E-state index in [2.05, 4.69) is 72.6 Å². The van der Waals surface area contributed by atoms with Crippen molar-refractivity contribution in [2.75, 3.05) is 20.1 Å². The normalized spacial score (nSPS) is 17.6. The molecule has 1 unspecified atom stereocenters. The van der Waals surface area contributed by atoms with Gasteiger partial charge in [0.15, 0.2) is 0 Å². The van der Waals surface area contributed by atoms with E-state index in [4.69, 9.17) is 4.98 Å². The molecular formula is C24H29ClN2. The molecular weight excluding hydrogens is 352 g/mol. The zero-order chi connectivity index (χ0) is 17.8. The van der Waals surface area contributed by atoms with E-state index >= 15 is 0 Å². The summed E-state index contributed by atoms with van der Waals surface area (Å²) in [5, 5.41) is 1.31. The summed E-state index contributed by atoms with van der Waals surface area (Å²) in [5.41, 5.74) is 4.85. The number of likely N-dealkylation sites (tertiary alicyclic amines) is 1. The number of halogens is 1. The summed E-state index contributed by atoms with van der Waals surface area (Å²) in [6, 6.07) is 21.4. The Hall–Kier alpha value is -1.90. The summed E-state index contributed by atoms with van der Waals surface area (Å²) in [5.74, 6) is 0.871. The topological polar surface area (TPSA) is 16.1 Å². The van der Waals surface area contributed by atoms with Crippen LogP contribution >= 0.6 is 12.4 Å². The maximum atomic E-state index is 4.91. The molecule has 142 valence electrons. The van der Waals surface area contributed by atoms with Gasteiger partial charge in [0.05, 0.1) is 11.2 Å². The van der Waals surface area contributed by atoms with Crippen LogP contribution in [0.1, 0.15) is 31.2 Å². The number of piperidine rings is 1. The van der Waals surface area contributed by atoms with Crippen molar-refractivity contribution >= 4 is 23.3 Å². The molecule has 1 aromatic heterocycles. The molecule has 2 aromatic carbocycles. The molecule has 0 spiro atoms. The van der Waals surface area contributed by atoms with Gasteiger partial charge < -0.3 is 4.90 Å². The van der Waals surface area contributed by atoms with Crippen LogP contribution in [0.2, 0.25) is 0 Å². The highest BCUT2D eigenvalue weighted by Gasteiger charge is 2.17. The lowest BCUT2D eigenvalue weighted by molar-refractivity contribution is 0.200. The van der Waals surface area contributed by atoms with Crippen LogP contribution < -0.4 is 0 Å². The van der Waals surface area contributed by atoms with Crippen molar-refractivity contribution in [1.82, 2.24) is 9.88 Å². The van der Waals surface area contributed by atoms with Crippen molar-refractivity contribution in [3.05, 3.63) is 66.2 Å². The van der Waals surface area contributed by atoms with Crippen LogP contribution in [0.5, 0.6) is 0 Å². The van der Waals surface area contributed by atoms with Crippen LogP contribution in [0.15, 0.2) is 60.7 Å². The first-order valence-electron chi connectivity index (χ1n) is 9.92. The molecule has 1 saturated heterocycles. The third-order valence-electron chi connectivity index (χ3n) is 5.65. The predicted octanol–water partition coefficient (Wildman–Crippen LogP) is 5.99. The van der Waals surface area contributed by atoms with E-state index in [0.717, 1.165) is 23.5 Å². The van der Waals surface area contributed by atoms with E-state index in [9.17, 15) is 0 Å². The monoisotopic (exact) mass is 380 g/mol. The molecule has 1 aliphatic rings. The Bertz CT molecular complexity index is 863. The third-order valence-corrected chi connectivity index (χ3v) is 5.65. The molecule has 2 heterocycles. The zero-order valence-electron chi connectivity index (χ0n) is 16.1. The highest BCUT2D eigenvalue weighted by molar-refractivity contribution is 5.85. The van der Waals surface area contributed by atoms with Gasteiger partial charge >= 0.3 is 0 Å². The van der Waals surface area contributed by atoms with Crippen LogP contribution in [-0.4, -0.2) is 30.0 Å². The van der Waals surface area contributed by atoms with E-state index in [1.807, 2.05) is 0 Å². The Morgan fingerprint density at radius 2 is 1.81 bits per heavy atom. The summed E-state index contributed by atoms with van der Waals surface area (Å²) in [7, 11) is 2.26. The van der Waals surface area contributed by atoms with E-state index in [1.54, 1.807) is 0 Å². The molecule has 3 heteroatoms. The van der Waals surface area contributed by atoms with Crippen LogP contribution in [0, 0.1) is 5.92 Å². The predicted molar refractivity (Wildman–Crippen MR) is 118 cm³/mol. The lowest BCUT2D eigenvalue weighted by atomic mass is 9.91. The Balaban J connectivity index is 0.00000210. The first kappa shape index (κ1) is 19.9. The van der Waals surface area contributed by atoms with Crippen molar-refractivity contribution in [1.29, 1.82) is 0 Å². The summed E-state index contributed by atoms with van der Waals surface area (Å²) in [4.78, 5) is 7.40. The second-order valence-corrected chi connectivity index (χ2v) is 7.71. The molecule has 0 amide bonds. The average molecular weight is 381 g/mol. The van der Waals surface area contributed by atoms with Crippen LogP contribution in [-0.2, 0) is 6.42 Å². The number of aromatic nitrogens is 1. The second-order valence-electron chi connectivity index (χ2n) is 7.71. The van der Waals surface area contributed by atoms with E-state index in [1.165, 1.54) is 55.3 Å². The minimum atomic E-state index is 0. The van der Waals surface area contributed by atoms with Gasteiger partial charge in [-0.05, 0) is 69.3 Å². The molecule has 1 aliphatic heterocycles. The van der Waals surface area contributed by atoms with Gasteiger partial charge in [0.2, 0.25) is 0 Å². The smallest absolute Gasteiger partial charge is 0.0712 e. The van der Waals surface area contributed by atoms with Crippen molar-refractivity contribution in [2.45, 2.75) is 32.1 Å². The number of para-hydroxylation sites is 1. The molecule has 3 aromatic rings. The van der Waals surface area contributed by atoms with Crippen LogP contribution in [0.3, 0.4) is 0 Å². The average Bonchev–Trinajstić information content (AvgIpc) is 2.68. The number of hydrogen-bond acceptors (Lipinski definition) is 2. The Kier molecular flexibility index (Phi) is 6.87. The van der Waals surface area contributed by atoms with Gasteiger partial charge in [0.25, 0.3) is 0 Å². The van der Waals surface area contributed by atoms with Gasteiger partial charge in [-0.25, -0.2) is 4.98 Å². The molecule has 0 saturated carbocycles. The minimum absolute atomic E-state index is 0. The summed E-state index contributed by atoms with van der Waals surface area (Å²) in [6.07, 6.45) is 6.50. The standard InChI is InChI=1S/C24H28N2.ClH/c1-26-16-8-10-19(18-26)9-7-13-21-17-24(20-11-3-2-4-12-20)25-23-15-6-5-14-22(21)23;/h2-6,11-12,14-15,17,19H,7-10,13,16,18H2,1H3;1H. The fourth-order valence-electron chi connectivity index (χ4n) is 4.30. The second kappa shape index (κ2) is 9.34. The fourth-order valence-corrected chi connectivity index (χ4v) is 4.30. The highest BCUT2D eigenvalue weighted by atomic mass is 35.5. The van der Waals surface area contributed by atoms with Gasteiger partial charge in [-0.1, -0.05) is 48.5 Å². The van der Waals surface area contributed by atoms with Gasteiger partial charge in [-0.3, -0.25) is 0 Å². The van der Waals surface area contributed by atoms with Gasteiger partial charge in [-0.2, -0.15) is 0 Å². The number of rotatable bonds is 5. The van der Waals surface area contributed by atoms with Gasteiger partial charge in [0, 0.05) is 17.5 Å². The van der Waals surface area contributed by atoms with Gasteiger partial charge in [-0.15, -0.1) is 12.4 Å². The molecule has 27 heavy (non-hydrogen) atoms. The fraction of sp³-hybridized carbons (Fsp3) is 0.375. The maximum absolute atomic E-state index is 4.91. The van der Waals surface area contributed by atoms with Crippen molar-refractivity contribution < 1.29 is 0 Å². The van der Waals surface area contributed by atoms with Gasteiger partial charge in [0.1, 0.15) is 0 Å². The summed E-state index contributed by atoms with van der Waals surface area (Å²) < 4.78 is 0. The first-order chi connectivity index (χ1) is 12.8. The van der Waals surface area contributed by atoms with E-state index < -0.39 is 0 Å². The Morgan fingerprint density at radius 3 is 2.63 bits per heavy atom. The summed E-state index contributed by atoms with van der Waals surface area (Å²) in [6.45, 7) is 2.54. The molecule has 0 radical (unpaired) electrons. The number of fused-ring (bicyclic) bond motifs is 1. The lowest BCUT2D eigenvalue weighted by Gasteiger charge is -2.29. The maximum Gasteiger partial charge on any atom is 0.0712 e. The quantitative estimate of drug-likeness (QED) is 0.540. The van der Waals surface area contributed by atoms with E-state index in [-0.39, 0.29) is 12.4 Å². The highest BCUT2D eigenvalue weighted by Crippen LogP contribution is 2.27. The number of hydrogen-bond donors (Lipinski definition) is 0. The number of pyridine rings is 1. The molecule has 2 nitrogen and oxygen atoms in total. The van der Waals surface area contributed by atoms with E-state index in [0.29, 0.717) is 0 Å². The Labute approximate surface area is 169 Å². The zero-order valence-corrected chi connectivity index (χ0v) is 16.9. The van der Waals surface area contributed by atoms with Crippen LogP contribution in [0.4, 0.5) is 0 Å². The SMILES string of the molecule is CN1CCCC(CCCc2cc(-c3ccccc3)nc3ccccc23)C1.Cl. The third kappa shape index (κ3) is 4.88. The van der Waals surface area contributed by atoms with Crippen molar-refractivity contribution in [3.63, 3.8) is 0 Å². The summed E-state index contributed by atoms with van der Waals surface area (Å²) >= 11 is 0. The lowest BCUT2D eigenvalue weighted by Crippen LogP contribution is -2.31. The minimum Gasteiger partial charge on any atom is -0.306 e. The van der Waals surface area contributed by atoms with Crippen LogP contribution in [0.25, 0.3) is 22.2 Å². The molecule has 0 aliphatic carbocycles. The molecule has 1 atom stereocenters. The Morgan fingerprint density at radius 1 is 1.04 bits per heavy atom. The first-order valence-corrected chi connectivity index (χ1v) is 9.92. The molecule has 0 bridgehead atoms. The van der Waals surface area contributed by atoms with Crippen molar-refractivity contribution in [3.8, 4) is 11.3 Å². The number of benzene rings is 2. The van der Waals surface area contributed by atoms with Crippen molar-refractivity contribution in [2.24, 2.45) is 5.92 Å².